The van der Waals surface area contributed by atoms with Gasteiger partial charge in [0, 0.05) is 19.3 Å². The molecular formula is C60H102O6. The van der Waals surface area contributed by atoms with Crippen LogP contribution in [0.1, 0.15) is 258 Å². The van der Waals surface area contributed by atoms with Gasteiger partial charge in [-0.1, -0.05) is 215 Å². The molecule has 1 atom stereocenters. The smallest absolute Gasteiger partial charge is 0.306 e. The van der Waals surface area contributed by atoms with Gasteiger partial charge in [0.25, 0.3) is 0 Å². The van der Waals surface area contributed by atoms with Gasteiger partial charge in [0.05, 0.1) is 0 Å². The maximum absolute atomic E-state index is 12.8. The normalized spacial score (nSPS) is 12.7. The molecule has 0 aromatic rings. The molecule has 0 aromatic heterocycles. The Morgan fingerprint density at radius 3 is 1.00 bits per heavy atom. The van der Waals surface area contributed by atoms with Crippen molar-refractivity contribution < 1.29 is 28.6 Å². The van der Waals surface area contributed by atoms with Crippen molar-refractivity contribution in [3.63, 3.8) is 0 Å². The van der Waals surface area contributed by atoms with Crippen LogP contribution in [0.5, 0.6) is 0 Å². The second-order valence-corrected chi connectivity index (χ2v) is 18.1. The predicted molar refractivity (Wildman–Crippen MR) is 284 cm³/mol. The van der Waals surface area contributed by atoms with E-state index in [0.717, 1.165) is 89.9 Å². The summed E-state index contributed by atoms with van der Waals surface area (Å²) in [6, 6.07) is 0. The van der Waals surface area contributed by atoms with Crippen LogP contribution in [0.3, 0.4) is 0 Å². The molecular weight excluding hydrogens is 817 g/mol. The van der Waals surface area contributed by atoms with Gasteiger partial charge >= 0.3 is 17.9 Å². The van der Waals surface area contributed by atoms with E-state index in [0.29, 0.717) is 19.3 Å². The summed E-state index contributed by atoms with van der Waals surface area (Å²) in [7, 11) is 0. The molecule has 0 aromatic carbocycles. The van der Waals surface area contributed by atoms with E-state index in [4.69, 9.17) is 14.2 Å². The third-order valence-electron chi connectivity index (χ3n) is 11.6. The highest BCUT2D eigenvalue weighted by atomic mass is 16.6. The topological polar surface area (TPSA) is 78.9 Å². The molecule has 0 amide bonds. The Labute approximate surface area is 407 Å². The van der Waals surface area contributed by atoms with E-state index < -0.39 is 6.10 Å². The van der Waals surface area contributed by atoms with E-state index in [2.05, 4.69) is 106 Å². The Hall–Kier alpha value is -3.41. The molecule has 0 rings (SSSR count). The number of carbonyl (C=O) groups excluding carboxylic acids is 3. The van der Waals surface area contributed by atoms with E-state index in [1.165, 1.54) is 122 Å². The first-order valence-electron chi connectivity index (χ1n) is 27.6. The number of ether oxygens (including phenoxy) is 3. The van der Waals surface area contributed by atoms with Crippen molar-refractivity contribution in [2.24, 2.45) is 0 Å². The number of esters is 3. The van der Waals surface area contributed by atoms with Crippen LogP contribution in [0, 0.1) is 0 Å². The summed E-state index contributed by atoms with van der Waals surface area (Å²) in [5.41, 5.74) is 0. The predicted octanol–water partition coefficient (Wildman–Crippen LogP) is 18.4. The molecule has 0 bridgehead atoms. The SMILES string of the molecule is CCCC/C=C/C/C=C/CCCCCCCC(=O)OC[C@H](COC(=O)CCC/C=C/C/C=C/C/C=C/C/C=C/CCCCC)OC(=O)CCCCCCCCC/C=C/CCCCCCCC. The monoisotopic (exact) mass is 919 g/mol. The molecule has 0 heterocycles. The van der Waals surface area contributed by atoms with Crippen LogP contribution in [0.4, 0.5) is 0 Å². The third kappa shape index (κ3) is 51.6. The molecule has 378 valence electrons. The van der Waals surface area contributed by atoms with Gasteiger partial charge in [-0.15, -0.1) is 0 Å². The Balaban J connectivity index is 4.49. The minimum absolute atomic E-state index is 0.103. The van der Waals surface area contributed by atoms with Crippen molar-refractivity contribution in [3.05, 3.63) is 85.1 Å². The molecule has 0 radical (unpaired) electrons. The lowest BCUT2D eigenvalue weighted by Gasteiger charge is -2.18. The first-order chi connectivity index (χ1) is 32.5. The number of carbonyl (C=O) groups is 3. The zero-order valence-electron chi connectivity index (χ0n) is 43.2. The summed E-state index contributed by atoms with van der Waals surface area (Å²) >= 11 is 0. The summed E-state index contributed by atoms with van der Waals surface area (Å²) in [4.78, 5) is 38.1. The number of hydrogen-bond acceptors (Lipinski definition) is 6. The summed E-state index contributed by atoms with van der Waals surface area (Å²) < 4.78 is 16.8. The minimum atomic E-state index is -0.807. The average molecular weight is 919 g/mol. The van der Waals surface area contributed by atoms with Crippen molar-refractivity contribution in [1.29, 1.82) is 0 Å². The molecule has 0 spiro atoms. The second kappa shape index (κ2) is 54.2. The van der Waals surface area contributed by atoms with Crippen LogP contribution >= 0.6 is 0 Å². The van der Waals surface area contributed by atoms with Gasteiger partial charge < -0.3 is 14.2 Å². The van der Waals surface area contributed by atoms with Gasteiger partial charge in [0.2, 0.25) is 0 Å². The lowest BCUT2D eigenvalue weighted by molar-refractivity contribution is -0.167. The van der Waals surface area contributed by atoms with Gasteiger partial charge in [0.15, 0.2) is 6.10 Å². The van der Waals surface area contributed by atoms with Gasteiger partial charge in [-0.3, -0.25) is 14.4 Å². The van der Waals surface area contributed by atoms with Crippen molar-refractivity contribution in [1.82, 2.24) is 0 Å². The molecule has 6 nitrogen and oxygen atoms in total. The first-order valence-corrected chi connectivity index (χ1v) is 27.6. The van der Waals surface area contributed by atoms with Gasteiger partial charge in [-0.05, 0) is 109 Å². The highest BCUT2D eigenvalue weighted by Crippen LogP contribution is 2.14. The molecule has 0 unspecified atom stereocenters. The van der Waals surface area contributed by atoms with Crippen molar-refractivity contribution in [2.75, 3.05) is 13.2 Å². The Morgan fingerprint density at radius 2 is 0.576 bits per heavy atom. The van der Waals surface area contributed by atoms with E-state index in [1.54, 1.807) is 0 Å². The standard InChI is InChI=1S/C60H102O6/c1-4-7-10-13-16-19-22-25-28-30-32-35-38-41-44-47-50-53-59(62)65-56-57(55-64-58(61)52-49-46-43-40-37-34-27-24-21-18-15-12-9-6-3)66-60(63)54-51-48-45-42-39-36-33-31-29-26-23-20-17-14-11-8-5-2/h15-16,18-19,24-29,32,35,41,44,57H,4-14,17,20-23,30-31,33-34,36-40,42-43,45-56H2,1-3H3/b18-15+,19-16+,27-24+,28-25+,29-26+,35-32+,44-41+/t57-/m1/s1. The third-order valence-corrected chi connectivity index (χ3v) is 11.6. The Bertz CT molecular complexity index is 1290. The lowest BCUT2D eigenvalue weighted by Crippen LogP contribution is -2.30. The van der Waals surface area contributed by atoms with Crippen LogP contribution < -0.4 is 0 Å². The van der Waals surface area contributed by atoms with Crippen molar-refractivity contribution in [3.8, 4) is 0 Å². The summed E-state index contributed by atoms with van der Waals surface area (Å²) in [5.74, 6) is -0.976. The summed E-state index contributed by atoms with van der Waals surface area (Å²) in [5, 5.41) is 0. The zero-order chi connectivity index (χ0) is 47.9. The molecule has 0 N–H and O–H groups in total. The quantitative estimate of drug-likeness (QED) is 0.0262. The van der Waals surface area contributed by atoms with Crippen molar-refractivity contribution >= 4 is 17.9 Å². The molecule has 66 heavy (non-hydrogen) atoms. The van der Waals surface area contributed by atoms with Crippen LogP contribution in [-0.2, 0) is 28.6 Å². The largest absolute Gasteiger partial charge is 0.462 e. The van der Waals surface area contributed by atoms with Crippen LogP contribution in [0.15, 0.2) is 85.1 Å². The molecule has 0 saturated heterocycles. The average Bonchev–Trinajstić information content (AvgIpc) is 3.31. The van der Waals surface area contributed by atoms with E-state index in [-0.39, 0.29) is 37.5 Å². The first kappa shape index (κ1) is 62.6. The Kier molecular flexibility index (Phi) is 51.4. The summed E-state index contributed by atoms with van der Waals surface area (Å²) in [6.07, 6.45) is 70.0. The lowest BCUT2D eigenvalue weighted by atomic mass is 10.1. The number of allylic oxidation sites excluding steroid dienone is 14. The number of rotatable bonds is 49. The highest BCUT2D eigenvalue weighted by Gasteiger charge is 2.19. The molecule has 0 aliphatic rings. The zero-order valence-corrected chi connectivity index (χ0v) is 43.2. The van der Waals surface area contributed by atoms with E-state index in [1.807, 2.05) is 0 Å². The highest BCUT2D eigenvalue weighted by molar-refractivity contribution is 5.71. The van der Waals surface area contributed by atoms with E-state index in [9.17, 15) is 14.4 Å². The fourth-order valence-electron chi connectivity index (χ4n) is 7.39. The molecule has 0 fully saturated rings. The minimum Gasteiger partial charge on any atom is -0.462 e. The van der Waals surface area contributed by atoms with Crippen LogP contribution in [0.2, 0.25) is 0 Å². The van der Waals surface area contributed by atoms with E-state index >= 15 is 0 Å². The molecule has 6 heteroatoms. The van der Waals surface area contributed by atoms with Crippen molar-refractivity contribution in [2.45, 2.75) is 264 Å². The number of hydrogen-bond donors (Lipinski definition) is 0. The fraction of sp³-hybridized carbons (Fsp3) is 0.717. The number of unbranched alkanes of at least 4 members (excludes halogenated alkanes) is 24. The second-order valence-electron chi connectivity index (χ2n) is 18.1. The molecule has 0 aliphatic carbocycles. The van der Waals surface area contributed by atoms with Crippen LogP contribution in [-0.4, -0.2) is 37.2 Å². The van der Waals surface area contributed by atoms with Crippen LogP contribution in [0.25, 0.3) is 0 Å². The molecule has 0 saturated carbocycles. The Morgan fingerprint density at radius 1 is 0.303 bits per heavy atom. The van der Waals surface area contributed by atoms with Gasteiger partial charge in [0.1, 0.15) is 13.2 Å². The maximum Gasteiger partial charge on any atom is 0.306 e. The fourth-order valence-corrected chi connectivity index (χ4v) is 7.39. The van der Waals surface area contributed by atoms with Gasteiger partial charge in [-0.25, -0.2) is 0 Å². The summed E-state index contributed by atoms with van der Waals surface area (Å²) in [6.45, 7) is 6.51. The molecule has 0 aliphatic heterocycles. The maximum atomic E-state index is 12.8. The van der Waals surface area contributed by atoms with Gasteiger partial charge in [-0.2, -0.15) is 0 Å².